The molecule has 0 bridgehead atoms. The molecule has 0 N–H and O–H groups in total. The van der Waals surface area contributed by atoms with Gasteiger partial charge in [-0.2, -0.15) is 26.3 Å². The minimum atomic E-state index is -5.77. The molecule has 6 aromatic carbocycles. The zero-order valence-electron chi connectivity index (χ0n) is 31.9. The maximum absolute atomic E-state index is 15.3. The molecule has 10 heteroatoms. The van der Waals surface area contributed by atoms with Crippen LogP contribution >= 0.6 is 0 Å². The van der Waals surface area contributed by atoms with E-state index in [1.807, 2.05) is 121 Å². The largest absolute Gasteiger partial charge is 0.411 e. The molecule has 10 rings (SSSR count). The third-order valence-corrected chi connectivity index (χ3v) is 11.3. The summed E-state index contributed by atoms with van der Waals surface area (Å²) in [7, 11) is 0. The van der Waals surface area contributed by atoms with Crippen molar-refractivity contribution in [3.8, 4) is 45.0 Å². The minimum absolute atomic E-state index is 0.343. The summed E-state index contributed by atoms with van der Waals surface area (Å²) in [5.74, 6) is 0. The van der Waals surface area contributed by atoms with Gasteiger partial charge in [-0.25, -0.2) is 19.9 Å². The van der Waals surface area contributed by atoms with E-state index in [9.17, 15) is 0 Å². The molecule has 4 nitrogen and oxygen atoms in total. The predicted molar refractivity (Wildman–Crippen MR) is 229 cm³/mol. The second-order valence-electron chi connectivity index (χ2n) is 14.8. The normalized spacial score (nSPS) is 12.4. The Kier molecular flexibility index (Phi) is 8.90. The summed E-state index contributed by atoms with van der Waals surface area (Å²) < 4.78 is 91.7. The number of hydrogen-bond donors (Lipinski definition) is 0. The van der Waals surface area contributed by atoms with Crippen molar-refractivity contribution >= 4 is 43.6 Å². The zero-order valence-corrected chi connectivity index (χ0v) is 31.9. The van der Waals surface area contributed by atoms with E-state index >= 15 is 26.3 Å². The quantitative estimate of drug-likeness (QED) is 0.124. The van der Waals surface area contributed by atoms with E-state index in [4.69, 9.17) is 19.9 Å². The fourth-order valence-corrected chi connectivity index (χ4v) is 8.16. The van der Waals surface area contributed by atoms with Gasteiger partial charge in [0.15, 0.2) is 0 Å². The van der Waals surface area contributed by atoms with E-state index in [0.29, 0.717) is 44.6 Å². The number of nitrogens with zero attached hydrogens (tertiary/aromatic N) is 4. The summed E-state index contributed by atoms with van der Waals surface area (Å²) in [6, 6.07) is 50.1. The number of halogens is 6. The monoisotopic (exact) mass is 812 g/mol. The fraction of sp³-hybridized carbons (Fsp3) is 0.0588. The lowest BCUT2D eigenvalue weighted by molar-refractivity contribution is -0.288. The van der Waals surface area contributed by atoms with Gasteiger partial charge in [0.1, 0.15) is 0 Å². The van der Waals surface area contributed by atoms with E-state index in [1.54, 1.807) is 12.1 Å². The molecular formula is C51H30F6N4. The van der Waals surface area contributed by atoms with Crippen LogP contribution in [-0.4, -0.2) is 32.3 Å². The van der Waals surface area contributed by atoms with E-state index in [1.165, 1.54) is 24.3 Å². The molecule has 0 saturated carbocycles. The highest BCUT2D eigenvalue weighted by molar-refractivity contribution is 6.05. The maximum atomic E-state index is 15.3. The van der Waals surface area contributed by atoms with Crippen LogP contribution in [0.25, 0.3) is 88.6 Å². The molecule has 61 heavy (non-hydrogen) atoms. The highest BCUT2D eigenvalue weighted by Crippen LogP contribution is 2.56. The number of hydrogen-bond acceptors (Lipinski definition) is 4. The Morgan fingerprint density at radius 3 is 0.770 bits per heavy atom. The summed E-state index contributed by atoms with van der Waals surface area (Å²) in [6.45, 7) is 0. The molecule has 0 radical (unpaired) electrons. The van der Waals surface area contributed by atoms with Gasteiger partial charge in [-0.05, 0) is 35.4 Å². The molecule has 296 valence electrons. The van der Waals surface area contributed by atoms with Crippen molar-refractivity contribution in [3.63, 3.8) is 0 Å². The molecule has 0 unspecified atom stereocenters. The van der Waals surface area contributed by atoms with Crippen LogP contribution in [0.3, 0.4) is 0 Å². The molecule has 0 atom stereocenters. The number of rotatable bonds is 6. The summed E-state index contributed by atoms with van der Waals surface area (Å²) >= 11 is 0. The molecule has 0 amide bonds. The molecule has 10 aromatic rings. The molecule has 0 aliphatic carbocycles. The Labute approximate surface area is 344 Å². The van der Waals surface area contributed by atoms with Gasteiger partial charge in [0.25, 0.3) is 0 Å². The zero-order chi connectivity index (χ0) is 41.9. The van der Waals surface area contributed by atoms with Crippen LogP contribution < -0.4 is 0 Å². The van der Waals surface area contributed by atoms with Crippen LogP contribution in [-0.2, 0) is 5.41 Å². The van der Waals surface area contributed by atoms with E-state index in [0.717, 1.165) is 68.3 Å². The highest BCUT2D eigenvalue weighted by Gasteiger charge is 2.72. The topological polar surface area (TPSA) is 51.6 Å². The summed E-state index contributed by atoms with van der Waals surface area (Å²) in [6.07, 6.45) is -11.5. The number of aromatic nitrogens is 4. The average Bonchev–Trinajstić information content (AvgIpc) is 3.28. The van der Waals surface area contributed by atoms with Gasteiger partial charge >= 0.3 is 12.4 Å². The van der Waals surface area contributed by atoms with Gasteiger partial charge < -0.3 is 0 Å². The van der Waals surface area contributed by atoms with E-state index < -0.39 is 28.9 Å². The fourth-order valence-electron chi connectivity index (χ4n) is 8.16. The van der Waals surface area contributed by atoms with Crippen LogP contribution in [0.5, 0.6) is 0 Å². The van der Waals surface area contributed by atoms with Crippen LogP contribution in [0.4, 0.5) is 26.3 Å². The third kappa shape index (κ3) is 6.42. The van der Waals surface area contributed by atoms with Crippen LogP contribution in [0, 0.1) is 0 Å². The van der Waals surface area contributed by atoms with Crippen molar-refractivity contribution in [2.24, 2.45) is 0 Å². The van der Waals surface area contributed by atoms with Crippen molar-refractivity contribution in [2.75, 3.05) is 0 Å². The smallest absolute Gasteiger partial charge is 0.245 e. The van der Waals surface area contributed by atoms with Gasteiger partial charge in [0.05, 0.1) is 44.8 Å². The van der Waals surface area contributed by atoms with Crippen LogP contribution in [0.15, 0.2) is 182 Å². The summed E-state index contributed by atoms with van der Waals surface area (Å²) in [5, 5.41) is 3.22. The third-order valence-electron chi connectivity index (χ3n) is 11.3. The van der Waals surface area contributed by atoms with E-state index in [-0.39, 0.29) is 0 Å². The lowest BCUT2D eigenvalue weighted by Crippen LogP contribution is -2.54. The Morgan fingerprint density at radius 2 is 0.508 bits per heavy atom. The Bertz CT molecular complexity index is 3040. The Morgan fingerprint density at radius 1 is 0.262 bits per heavy atom. The van der Waals surface area contributed by atoms with Gasteiger partial charge in [0, 0.05) is 43.8 Å². The SMILES string of the molecule is FC(F)(F)C(c1ccc(-c2ccc3ccc4ccc(-c5ccccc5)nc4c3n2)cc1)(c1ccc(-c2ccc3ccc4ccc(-c5ccccc5)nc4c3n2)cc1)C(F)(F)F. The van der Waals surface area contributed by atoms with Crippen molar-refractivity contribution < 1.29 is 26.3 Å². The first-order valence-electron chi connectivity index (χ1n) is 19.4. The molecule has 0 spiro atoms. The Balaban J connectivity index is 1.03. The molecule has 4 aromatic heterocycles. The van der Waals surface area contributed by atoms with Gasteiger partial charge in [-0.3, -0.25) is 0 Å². The van der Waals surface area contributed by atoms with Crippen molar-refractivity contribution in [2.45, 2.75) is 17.8 Å². The number of pyridine rings is 4. The van der Waals surface area contributed by atoms with Gasteiger partial charge in [0.2, 0.25) is 5.41 Å². The standard InChI is InChI=1S/C51H30F6N4/c52-50(53,54)49(51(55,56)57,39-23-15-33(16-24-39)43-29-21-37-13-11-35-19-27-41(31-7-3-1-4-8-31)58-45(35)47(37)60-43)40-25-17-34(18-26-40)44-30-22-38-14-12-36-20-28-42(32-9-5-2-6-10-32)59-46(36)48(38)61-44/h1-30H. The maximum Gasteiger partial charge on any atom is 0.411 e. The summed E-state index contributed by atoms with van der Waals surface area (Å²) in [5.41, 5.74) is 0.784. The van der Waals surface area contributed by atoms with Gasteiger partial charge in [-0.15, -0.1) is 0 Å². The molecule has 0 aliphatic heterocycles. The summed E-state index contributed by atoms with van der Waals surface area (Å²) in [4.78, 5) is 19.4. The molecular weight excluding hydrogens is 783 g/mol. The van der Waals surface area contributed by atoms with Crippen LogP contribution in [0.1, 0.15) is 11.1 Å². The average molecular weight is 813 g/mol. The first kappa shape index (κ1) is 37.8. The minimum Gasteiger partial charge on any atom is -0.245 e. The number of benzene rings is 6. The van der Waals surface area contributed by atoms with Crippen LogP contribution in [0.2, 0.25) is 0 Å². The second kappa shape index (κ2) is 14.4. The molecule has 0 saturated heterocycles. The predicted octanol–water partition coefficient (Wildman–Crippen LogP) is 14.0. The lowest BCUT2D eigenvalue weighted by Gasteiger charge is -2.38. The Hall–Kier alpha value is -7.46. The first-order valence-corrected chi connectivity index (χ1v) is 19.4. The van der Waals surface area contributed by atoms with Crippen molar-refractivity contribution in [3.05, 3.63) is 193 Å². The molecule has 4 heterocycles. The number of alkyl halides is 6. The van der Waals surface area contributed by atoms with Gasteiger partial charge in [-0.1, -0.05) is 158 Å². The van der Waals surface area contributed by atoms with E-state index in [2.05, 4.69) is 0 Å². The molecule has 0 fully saturated rings. The van der Waals surface area contributed by atoms with Crippen molar-refractivity contribution in [1.29, 1.82) is 0 Å². The second-order valence-corrected chi connectivity index (χ2v) is 14.8. The first-order chi connectivity index (χ1) is 29.5. The molecule has 0 aliphatic rings. The number of fused-ring (bicyclic) bond motifs is 6. The van der Waals surface area contributed by atoms with Crippen molar-refractivity contribution in [1.82, 2.24) is 19.9 Å². The lowest BCUT2D eigenvalue weighted by atomic mass is 9.72. The highest BCUT2D eigenvalue weighted by atomic mass is 19.4.